The van der Waals surface area contributed by atoms with Crippen molar-refractivity contribution in [3.05, 3.63) is 36.4 Å². The number of benzene rings is 2. The number of hydrogen-bond donors (Lipinski definition) is 0. The maximum atomic E-state index is 12.3. The van der Waals surface area contributed by atoms with Crippen LogP contribution in [0.3, 0.4) is 0 Å². The van der Waals surface area contributed by atoms with Crippen molar-refractivity contribution in [3.8, 4) is 34.5 Å². The van der Waals surface area contributed by atoms with E-state index in [2.05, 4.69) is 9.47 Å². The first-order chi connectivity index (χ1) is 13.5. The summed E-state index contributed by atoms with van der Waals surface area (Å²) in [5, 5.41) is 0. The molecule has 2 aromatic carbocycles. The molecule has 0 amide bonds. The maximum Gasteiger partial charge on any atom is 0.658 e. The summed E-state index contributed by atoms with van der Waals surface area (Å²) in [6, 6.07) is 6.14. The summed E-state index contributed by atoms with van der Waals surface area (Å²) in [5.74, 6) is -1.26. The summed E-state index contributed by atoms with van der Waals surface area (Å²) < 4.78 is 101. The van der Waals surface area contributed by atoms with E-state index >= 15 is 0 Å². The van der Waals surface area contributed by atoms with Crippen LogP contribution in [0.4, 0.5) is 26.3 Å². The predicted molar refractivity (Wildman–Crippen MR) is 86.4 cm³/mol. The van der Waals surface area contributed by atoms with Crippen LogP contribution in [0, 0.1) is 0 Å². The second kappa shape index (κ2) is 8.92. The molecular weight excluding hydrogens is 413 g/mol. The van der Waals surface area contributed by atoms with Crippen molar-refractivity contribution in [3.63, 3.8) is 0 Å². The number of ether oxygens (including phenoxy) is 4. The van der Waals surface area contributed by atoms with Gasteiger partial charge >= 0.3 is 20.4 Å². The van der Waals surface area contributed by atoms with Gasteiger partial charge in [-0.3, -0.25) is 0 Å². The van der Waals surface area contributed by atoms with E-state index in [1.165, 1.54) is 14.2 Å². The first-order valence-corrected chi connectivity index (χ1v) is 7.53. The summed E-state index contributed by atoms with van der Waals surface area (Å²) in [7, 11) is 3.18. The van der Waals surface area contributed by atoms with E-state index in [0.29, 0.717) is 0 Å². The minimum absolute atomic E-state index is 0.0157. The van der Waals surface area contributed by atoms with Gasteiger partial charge in [-0.05, 0) is 24.3 Å². The molecule has 0 aliphatic heterocycles. The van der Waals surface area contributed by atoms with E-state index < -0.39 is 24.2 Å². The van der Waals surface area contributed by atoms with Gasteiger partial charge in [0.1, 0.15) is 23.0 Å². The van der Waals surface area contributed by atoms with Gasteiger partial charge in [0.25, 0.3) is 0 Å². The summed E-state index contributed by atoms with van der Waals surface area (Å²) in [4.78, 5) is 0. The summed E-state index contributed by atoms with van der Waals surface area (Å²) in [6.45, 7) is 0. The SMILES string of the molecule is COc1cc(OC(F)(F)F)ccc1O[B]Oc1ccc(OC(F)(F)F)cc1OC. The van der Waals surface area contributed by atoms with E-state index in [1.807, 2.05) is 0 Å². The minimum atomic E-state index is -4.87. The predicted octanol–water partition coefficient (Wildman–Crippen LogP) is 4.49. The van der Waals surface area contributed by atoms with Crippen molar-refractivity contribution in [2.45, 2.75) is 12.7 Å². The average Bonchev–Trinajstić information content (AvgIpc) is 2.61. The van der Waals surface area contributed by atoms with Crippen molar-refractivity contribution in [1.82, 2.24) is 0 Å². The number of halogens is 6. The molecule has 2 aromatic rings. The zero-order chi connectivity index (χ0) is 21.7. The Kier molecular flexibility index (Phi) is 6.82. The van der Waals surface area contributed by atoms with E-state index in [-0.39, 0.29) is 23.0 Å². The molecule has 0 spiro atoms. The smallest absolute Gasteiger partial charge is 0.524 e. The molecule has 0 saturated heterocycles. The van der Waals surface area contributed by atoms with Crippen molar-refractivity contribution in [1.29, 1.82) is 0 Å². The Morgan fingerprint density at radius 3 is 1.31 bits per heavy atom. The Morgan fingerprint density at radius 1 is 0.621 bits per heavy atom. The summed E-state index contributed by atoms with van der Waals surface area (Å²) in [6.07, 6.45) is -9.75. The molecule has 29 heavy (non-hydrogen) atoms. The second-order valence-electron chi connectivity index (χ2n) is 5.05. The Morgan fingerprint density at radius 2 is 1.00 bits per heavy atom. The third-order valence-electron chi connectivity index (χ3n) is 3.09. The average molecular weight is 425 g/mol. The van der Waals surface area contributed by atoms with Gasteiger partial charge in [0.15, 0.2) is 11.5 Å². The fraction of sp³-hybridized carbons (Fsp3) is 0.250. The Hall–Kier alpha value is -3.12. The summed E-state index contributed by atoms with van der Waals surface area (Å²) in [5.41, 5.74) is 0. The number of rotatable bonds is 8. The zero-order valence-corrected chi connectivity index (χ0v) is 14.8. The van der Waals surface area contributed by atoms with Crippen molar-refractivity contribution >= 4 is 7.69 Å². The lowest BCUT2D eigenvalue weighted by molar-refractivity contribution is -0.275. The molecule has 0 aliphatic carbocycles. The monoisotopic (exact) mass is 425 g/mol. The van der Waals surface area contributed by atoms with Crippen LogP contribution in [0.5, 0.6) is 34.5 Å². The molecule has 0 saturated carbocycles. The molecule has 157 valence electrons. The highest BCUT2D eigenvalue weighted by atomic mass is 19.4. The van der Waals surface area contributed by atoms with E-state index in [1.54, 1.807) is 0 Å². The van der Waals surface area contributed by atoms with Gasteiger partial charge in [-0.2, -0.15) is 0 Å². The van der Waals surface area contributed by atoms with Crippen LogP contribution >= 0.6 is 0 Å². The molecule has 0 fully saturated rings. The lowest BCUT2D eigenvalue weighted by Crippen LogP contribution is -2.17. The lowest BCUT2D eigenvalue weighted by atomic mass is 10.2. The highest BCUT2D eigenvalue weighted by Crippen LogP contribution is 2.35. The Bertz CT molecular complexity index is 759. The van der Waals surface area contributed by atoms with Crippen LogP contribution in [0.1, 0.15) is 0 Å². The molecule has 6 nitrogen and oxygen atoms in total. The third kappa shape index (κ3) is 7.09. The largest absolute Gasteiger partial charge is 0.658 e. The maximum absolute atomic E-state index is 12.3. The molecule has 0 N–H and O–H groups in total. The van der Waals surface area contributed by atoms with Gasteiger partial charge in [-0.25, -0.2) is 0 Å². The normalized spacial score (nSPS) is 11.4. The number of hydrogen-bond acceptors (Lipinski definition) is 6. The quantitative estimate of drug-likeness (QED) is 0.459. The molecule has 0 heterocycles. The molecule has 13 heteroatoms. The molecule has 0 bridgehead atoms. The lowest BCUT2D eigenvalue weighted by Gasteiger charge is -2.15. The number of alkyl halides is 6. The number of methoxy groups -OCH3 is 2. The van der Waals surface area contributed by atoms with Crippen molar-refractivity contribution in [2.75, 3.05) is 14.2 Å². The fourth-order valence-electron chi connectivity index (χ4n) is 2.01. The minimum Gasteiger partial charge on any atom is -0.524 e. The Balaban J connectivity index is 2.04. The van der Waals surface area contributed by atoms with Gasteiger partial charge in [-0.15, -0.1) is 26.3 Å². The molecule has 2 rings (SSSR count). The molecular formula is C16H12BF6O6. The molecule has 0 aliphatic rings. The van der Waals surface area contributed by atoms with Crippen LogP contribution in [-0.2, 0) is 0 Å². The van der Waals surface area contributed by atoms with Gasteiger partial charge in [0.05, 0.1) is 14.2 Å². The van der Waals surface area contributed by atoms with Crippen LogP contribution in [0.2, 0.25) is 0 Å². The third-order valence-corrected chi connectivity index (χ3v) is 3.09. The first-order valence-electron chi connectivity index (χ1n) is 7.53. The Labute approximate surface area is 161 Å². The molecule has 0 atom stereocenters. The van der Waals surface area contributed by atoms with Crippen molar-refractivity contribution in [2.24, 2.45) is 0 Å². The van der Waals surface area contributed by atoms with Gasteiger partial charge in [-0.1, -0.05) is 0 Å². The highest BCUT2D eigenvalue weighted by Gasteiger charge is 2.32. The standard InChI is InChI=1S/C16H12BF6O6/c1-24-13-7-9(26-15(18,19)20)3-5-11(13)28-17-29-12-6-4-10(8-14(12)25-2)27-16(21,22)23/h3-8H,1-2H3. The highest BCUT2D eigenvalue weighted by molar-refractivity contribution is 6.21. The zero-order valence-electron chi connectivity index (χ0n) is 14.8. The van der Waals surface area contributed by atoms with Crippen LogP contribution in [0.25, 0.3) is 0 Å². The second-order valence-corrected chi connectivity index (χ2v) is 5.05. The first kappa shape index (κ1) is 22.2. The molecule has 0 aromatic heterocycles. The molecule has 1 radical (unpaired) electrons. The van der Waals surface area contributed by atoms with Gasteiger partial charge in [0.2, 0.25) is 0 Å². The van der Waals surface area contributed by atoms with Crippen LogP contribution < -0.4 is 28.3 Å². The van der Waals surface area contributed by atoms with E-state index in [9.17, 15) is 26.3 Å². The summed E-state index contributed by atoms with van der Waals surface area (Å²) >= 11 is 0. The van der Waals surface area contributed by atoms with Gasteiger partial charge in [0, 0.05) is 12.1 Å². The fourth-order valence-corrected chi connectivity index (χ4v) is 2.01. The van der Waals surface area contributed by atoms with E-state index in [4.69, 9.17) is 18.8 Å². The van der Waals surface area contributed by atoms with Crippen molar-refractivity contribution < 1.29 is 54.6 Å². The molecule has 0 unspecified atom stereocenters. The topological polar surface area (TPSA) is 55.4 Å². The van der Waals surface area contributed by atoms with E-state index in [0.717, 1.165) is 44.1 Å². The van der Waals surface area contributed by atoms with Crippen LogP contribution in [-0.4, -0.2) is 34.6 Å². The van der Waals surface area contributed by atoms with Crippen LogP contribution in [0.15, 0.2) is 36.4 Å². The van der Waals surface area contributed by atoms with Gasteiger partial charge < -0.3 is 28.3 Å².